The van der Waals surface area contributed by atoms with Crippen molar-refractivity contribution in [3.63, 3.8) is 0 Å². The fraction of sp³-hybridized carbons (Fsp3) is 0.316. The lowest BCUT2D eigenvalue weighted by atomic mass is 10.1. The van der Waals surface area contributed by atoms with E-state index in [-0.39, 0.29) is 6.04 Å². The molecule has 4 heteroatoms. The van der Waals surface area contributed by atoms with Gasteiger partial charge in [0.05, 0.1) is 6.04 Å². The summed E-state index contributed by atoms with van der Waals surface area (Å²) in [7, 11) is 0. The Hall–Kier alpha value is -1.94. The molecular weight excluding hydrogens is 304 g/mol. The summed E-state index contributed by atoms with van der Waals surface area (Å²) >= 11 is 1.75. The molecule has 0 saturated heterocycles. The molecule has 0 saturated carbocycles. The van der Waals surface area contributed by atoms with E-state index in [1.165, 1.54) is 12.0 Å². The van der Waals surface area contributed by atoms with Crippen molar-refractivity contribution in [3.8, 4) is 5.75 Å². The van der Waals surface area contributed by atoms with Crippen molar-refractivity contribution in [1.82, 2.24) is 0 Å². The zero-order chi connectivity index (χ0) is 16.1. The normalized spacial score (nSPS) is 17.6. The maximum atomic E-state index is 9.65. The molecular formula is C19H22N2OS. The van der Waals surface area contributed by atoms with Crippen LogP contribution in [-0.2, 0) is 6.42 Å². The van der Waals surface area contributed by atoms with E-state index in [4.69, 9.17) is 4.99 Å². The first-order valence-electron chi connectivity index (χ1n) is 8.10. The van der Waals surface area contributed by atoms with E-state index in [0.717, 1.165) is 35.0 Å². The van der Waals surface area contributed by atoms with Gasteiger partial charge in [-0.05, 0) is 48.2 Å². The van der Waals surface area contributed by atoms with Crippen LogP contribution in [0, 0.1) is 0 Å². The summed E-state index contributed by atoms with van der Waals surface area (Å²) in [5, 5.41) is 14.0. The van der Waals surface area contributed by atoms with Crippen LogP contribution in [0.25, 0.3) is 0 Å². The first-order valence-corrected chi connectivity index (χ1v) is 9.08. The van der Waals surface area contributed by atoms with Crippen LogP contribution >= 0.6 is 11.8 Å². The van der Waals surface area contributed by atoms with Gasteiger partial charge in [-0.25, -0.2) is 0 Å². The van der Waals surface area contributed by atoms with E-state index in [0.29, 0.717) is 5.75 Å². The second-order valence-electron chi connectivity index (χ2n) is 5.75. The molecule has 0 aliphatic carbocycles. The van der Waals surface area contributed by atoms with Crippen molar-refractivity contribution in [2.24, 2.45) is 4.99 Å². The van der Waals surface area contributed by atoms with Crippen molar-refractivity contribution in [2.75, 3.05) is 11.1 Å². The number of thioether (sulfide) groups is 1. The zero-order valence-corrected chi connectivity index (χ0v) is 14.1. The molecule has 1 heterocycles. The van der Waals surface area contributed by atoms with Gasteiger partial charge in [-0.1, -0.05) is 49.4 Å². The van der Waals surface area contributed by atoms with Crippen LogP contribution < -0.4 is 5.32 Å². The Kier molecular flexibility index (Phi) is 5.23. The van der Waals surface area contributed by atoms with E-state index in [9.17, 15) is 5.11 Å². The highest BCUT2D eigenvalue weighted by molar-refractivity contribution is 8.14. The summed E-state index contributed by atoms with van der Waals surface area (Å²) in [5.41, 5.74) is 3.52. The summed E-state index contributed by atoms with van der Waals surface area (Å²) < 4.78 is 0. The molecule has 0 spiro atoms. The van der Waals surface area contributed by atoms with Gasteiger partial charge in [-0.15, -0.1) is 0 Å². The van der Waals surface area contributed by atoms with E-state index >= 15 is 0 Å². The fourth-order valence-corrected chi connectivity index (χ4v) is 3.65. The minimum atomic E-state index is 0.116. The number of aryl methyl sites for hydroxylation is 1. The smallest absolute Gasteiger partial charge is 0.161 e. The molecule has 2 aromatic carbocycles. The minimum Gasteiger partial charge on any atom is -0.508 e. The molecule has 1 atom stereocenters. The molecule has 120 valence electrons. The molecule has 0 aromatic heterocycles. The van der Waals surface area contributed by atoms with E-state index in [1.54, 1.807) is 23.9 Å². The molecule has 23 heavy (non-hydrogen) atoms. The van der Waals surface area contributed by atoms with Crippen LogP contribution in [-0.4, -0.2) is 16.0 Å². The Balaban J connectivity index is 1.71. The maximum absolute atomic E-state index is 9.65. The number of rotatable bonds is 4. The van der Waals surface area contributed by atoms with Crippen molar-refractivity contribution in [2.45, 2.75) is 32.2 Å². The lowest BCUT2D eigenvalue weighted by molar-refractivity contribution is 0.473. The van der Waals surface area contributed by atoms with Gasteiger partial charge < -0.3 is 10.4 Å². The third-order valence-electron chi connectivity index (χ3n) is 3.90. The highest BCUT2D eigenvalue weighted by Crippen LogP contribution is 2.31. The number of benzene rings is 2. The number of aliphatic imine (C=N–C) groups is 1. The minimum absolute atomic E-state index is 0.116. The molecule has 0 bridgehead atoms. The summed E-state index contributed by atoms with van der Waals surface area (Å²) in [4.78, 5) is 4.80. The molecule has 2 N–H and O–H groups in total. The average Bonchev–Trinajstić information content (AvgIpc) is 2.57. The number of anilines is 1. The number of hydrogen-bond donors (Lipinski definition) is 2. The molecule has 3 nitrogen and oxygen atoms in total. The Labute approximate surface area is 141 Å². The average molecular weight is 326 g/mol. The number of phenols is 1. The number of nitrogens with zero attached hydrogens (tertiary/aromatic N) is 1. The van der Waals surface area contributed by atoms with E-state index in [1.807, 2.05) is 12.1 Å². The quantitative estimate of drug-likeness (QED) is 0.832. The highest BCUT2D eigenvalue weighted by atomic mass is 32.2. The lowest BCUT2D eigenvalue weighted by Gasteiger charge is -2.21. The summed E-state index contributed by atoms with van der Waals surface area (Å²) in [6, 6.07) is 16.1. The van der Waals surface area contributed by atoms with Gasteiger partial charge in [0, 0.05) is 11.4 Å². The molecule has 0 amide bonds. The SMILES string of the molecule is CCCc1ccc(NC2=NC(c3cccc(O)c3)CCS2)cc1. The molecule has 1 aliphatic heterocycles. The molecule has 0 radical (unpaired) electrons. The van der Waals surface area contributed by atoms with Crippen molar-refractivity contribution in [1.29, 1.82) is 0 Å². The largest absolute Gasteiger partial charge is 0.508 e. The van der Waals surface area contributed by atoms with Gasteiger partial charge in [-0.2, -0.15) is 0 Å². The van der Waals surface area contributed by atoms with E-state index in [2.05, 4.69) is 36.5 Å². The summed E-state index contributed by atoms with van der Waals surface area (Å²) in [6.45, 7) is 2.20. The molecule has 2 aromatic rings. The monoisotopic (exact) mass is 326 g/mol. The standard InChI is InChI=1S/C19H22N2OS/c1-2-4-14-7-9-16(10-8-14)20-19-21-18(11-12-23-19)15-5-3-6-17(22)13-15/h3,5-10,13,18,22H,2,4,11-12H2,1H3,(H,20,21). The summed E-state index contributed by atoms with van der Waals surface area (Å²) in [5.74, 6) is 1.33. The summed E-state index contributed by atoms with van der Waals surface area (Å²) in [6.07, 6.45) is 3.28. The van der Waals surface area contributed by atoms with Crippen LogP contribution in [0.5, 0.6) is 5.75 Å². The zero-order valence-electron chi connectivity index (χ0n) is 13.3. The number of nitrogens with one attached hydrogen (secondary N) is 1. The number of amidine groups is 1. The molecule has 1 aliphatic rings. The first-order chi connectivity index (χ1) is 11.2. The predicted molar refractivity (Wildman–Crippen MR) is 99.4 cm³/mol. The van der Waals surface area contributed by atoms with E-state index < -0.39 is 0 Å². The van der Waals surface area contributed by atoms with Crippen LogP contribution in [0.3, 0.4) is 0 Å². The third kappa shape index (κ3) is 4.29. The van der Waals surface area contributed by atoms with Gasteiger partial charge in [0.1, 0.15) is 5.75 Å². The van der Waals surface area contributed by atoms with Gasteiger partial charge in [0.15, 0.2) is 5.17 Å². The number of phenolic OH excluding ortho intramolecular Hbond substituents is 1. The predicted octanol–water partition coefficient (Wildman–Crippen LogP) is 4.99. The Morgan fingerprint density at radius 3 is 2.78 bits per heavy atom. The second kappa shape index (κ2) is 7.55. The topological polar surface area (TPSA) is 44.6 Å². The van der Waals surface area contributed by atoms with Gasteiger partial charge in [-0.3, -0.25) is 4.99 Å². The van der Waals surface area contributed by atoms with Crippen LogP contribution in [0.4, 0.5) is 5.69 Å². The Bertz CT molecular complexity index is 682. The van der Waals surface area contributed by atoms with Crippen LogP contribution in [0.15, 0.2) is 53.5 Å². The van der Waals surface area contributed by atoms with Crippen LogP contribution in [0.2, 0.25) is 0 Å². The fourth-order valence-electron chi connectivity index (χ4n) is 2.72. The highest BCUT2D eigenvalue weighted by Gasteiger charge is 2.18. The van der Waals surface area contributed by atoms with Gasteiger partial charge in [0.2, 0.25) is 0 Å². The van der Waals surface area contributed by atoms with Crippen molar-refractivity contribution >= 4 is 22.6 Å². The van der Waals surface area contributed by atoms with Crippen molar-refractivity contribution in [3.05, 3.63) is 59.7 Å². The Morgan fingerprint density at radius 1 is 1.22 bits per heavy atom. The molecule has 0 fully saturated rings. The first kappa shape index (κ1) is 15.9. The molecule has 3 rings (SSSR count). The Morgan fingerprint density at radius 2 is 2.04 bits per heavy atom. The number of hydrogen-bond acceptors (Lipinski definition) is 4. The maximum Gasteiger partial charge on any atom is 0.161 e. The van der Waals surface area contributed by atoms with Gasteiger partial charge in [0.25, 0.3) is 0 Å². The lowest BCUT2D eigenvalue weighted by Crippen LogP contribution is -2.16. The second-order valence-corrected chi connectivity index (χ2v) is 6.84. The third-order valence-corrected chi connectivity index (χ3v) is 4.82. The van der Waals surface area contributed by atoms with Crippen LogP contribution in [0.1, 0.15) is 36.9 Å². The number of aromatic hydroxyl groups is 1. The van der Waals surface area contributed by atoms with Gasteiger partial charge >= 0.3 is 0 Å². The molecule has 1 unspecified atom stereocenters. The van der Waals surface area contributed by atoms with Crippen molar-refractivity contribution < 1.29 is 5.11 Å².